The van der Waals surface area contributed by atoms with Crippen LogP contribution in [0, 0.1) is 0 Å². The van der Waals surface area contributed by atoms with Crippen molar-refractivity contribution in [3.8, 4) is 0 Å². The fourth-order valence-corrected chi connectivity index (χ4v) is 4.74. The van der Waals surface area contributed by atoms with E-state index < -0.39 is 43.2 Å². The van der Waals surface area contributed by atoms with Crippen LogP contribution in [0.25, 0.3) is 21.8 Å². The summed E-state index contributed by atoms with van der Waals surface area (Å²) in [7, 11) is 0. The molecule has 1 aliphatic heterocycles. The Hall–Kier alpha value is -3.06. The lowest BCUT2D eigenvalue weighted by Crippen LogP contribution is -2.55. The lowest BCUT2D eigenvalue weighted by atomic mass is 9.95. The fourth-order valence-electron chi connectivity index (χ4n) is 4.26. The zero-order valence-electron chi connectivity index (χ0n) is 18.2. The summed E-state index contributed by atoms with van der Waals surface area (Å²) in [6.45, 7) is -0.542. The van der Waals surface area contributed by atoms with Gasteiger partial charge in [0.15, 0.2) is 0 Å². The van der Waals surface area contributed by atoms with Gasteiger partial charge in [0.1, 0.15) is 41.9 Å². The topological polar surface area (TPSA) is 160 Å². The molecule has 5 rings (SSSR count). The van der Waals surface area contributed by atoms with E-state index in [1.54, 1.807) is 24.3 Å². The minimum Gasteiger partial charge on any atom is -0.394 e. The highest BCUT2D eigenvalue weighted by molar-refractivity contribution is 9.10. The Labute approximate surface area is 207 Å². The molecule has 10 nitrogen and oxygen atoms in total. The highest BCUT2D eigenvalue weighted by Crippen LogP contribution is 2.34. The first kappa shape index (κ1) is 23.7. The highest BCUT2D eigenvalue weighted by atomic mass is 79.9. The molecule has 4 aromatic rings. The first-order chi connectivity index (χ1) is 16.9. The van der Waals surface area contributed by atoms with Crippen LogP contribution in [0.3, 0.4) is 0 Å². The van der Waals surface area contributed by atoms with Crippen LogP contribution in [0.5, 0.6) is 0 Å². The number of para-hydroxylation sites is 1. The first-order valence-corrected chi connectivity index (χ1v) is 11.7. The molecule has 1 aliphatic rings. The third-order valence-electron chi connectivity index (χ3n) is 6.06. The number of imidazole rings is 1. The number of nitrogens with zero attached hydrogens (tertiary/aromatic N) is 1. The second-order valence-corrected chi connectivity index (χ2v) is 9.15. The van der Waals surface area contributed by atoms with Gasteiger partial charge in [0.05, 0.1) is 23.5 Å². The van der Waals surface area contributed by atoms with Crippen LogP contribution >= 0.6 is 15.9 Å². The van der Waals surface area contributed by atoms with Crippen LogP contribution in [-0.2, 0) is 4.74 Å². The van der Waals surface area contributed by atoms with Crippen molar-refractivity contribution in [2.75, 3.05) is 17.2 Å². The number of aliphatic hydroxyl groups excluding tert-OH is 4. The Kier molecular flexibility index (Phi) is 6.45. The number of carbonyl (C=O) groups is 1. The Morgan fingerprint density at radius 3 is 2.46 bits per heavy atom. The summed E-state index contributed by atoms with van der Waals surface area (Å²) in [5.41, 5.74) is 2.02. The second-order valence-electron chi connectivity index (χ2n) is 8.29. The molecule has 1 fully saturated rings. The molecule has 3 aromatic carbocycles. The predicted octanol–water partition coefficient (Wildman–Crippen LogP) is 2.64. The molecule has 1 aromatic heterocycles. The lowest BCUT2D eigenvalue weighted by molar-refractivity contribution is -0.233. The van der Waals surface area contributed by atoms with Crippen molar-refractivity contribution in [3.05, 3.63) is 64.9 Å². The van der Waals surface area contributed by atoms with Crippen LogP contribution in [0.15, 0.2) is 59.1 Å². The third-order valence-corrected chi connectivity index (χ3v) is 6.75. The number of benzene rings is 3. The average Bonchev–Trinajstić information content (AvgIpc) is 3.30. The van der Waals surface area contributed by atoms with Gasteiger partial charge < -0.3 is 40.8 Å². The average molecular weight is 543 g/mol. The number of ether oxygens (including phenoxy) is 1. The quantitative estimate of drug-likeness (QED) is 0.208. The number of halogens is 1. The summed E-state index contributed by atoms with van der Waals surface area (Å²) in [5, 5.41) is 47.5. The lowest BCUT2D eigenvalue weighted by Gasteiger charge is -2.39. The standard InChI is InChI=1S/C24H23BrN4O6/c25-13-8-9-14(12-5-2-1-4-11(12)13)27-24(34)28-16-7-3-6-15-18(16)29-23(26-15)22-21(33)20(32)19(31)17(10-30)35-22/h1-9,17,19-22,30-33H,10H2,(H,26,29)(H2,27,28,34)/t17-,19-,20+,21-,22-/m1/s1. The van der Waals surface area contributed by atoms with Crippen LogP contribution < -0.4 is 10.6 Å². The summed E-state index contributed by atoms with van der Waals surface area (Å²) in [5.74, 6) is 0.186. The smallest absolute Gasteiger partial charge is 0.323 e. The zero-order valence-corrected chi connectivity index (χ0v) is 19.8. The van der Waals surface area contributed by atoms with E-state index in [1.165, 1.54) is 0 Å². The number of carbonyl (C=O) groups excluding carboxylic acids is 1. The number of hydrogen-bond donors (Lipinski definition) is 7. The number of anilines is 2. The van der Waals surface area contributed by atoms with E-state index in [-0.39, 0.29) is 5.82 Å². The molecule has 11 heteroatoms. The molecular formula is C24H23BrN4O6. The number of aromatic amines is 1. The van der Waals surface area contributed by atoms with Gasteiger partial charge in [-0.25, -0.2) is 9.78 Å². The van der Waals surface area contributed by atoms with Crippen molar-refractivity contribution in [1.82, 2.24) is 9.97 Å². The van der Waals surface area contributed by atoms with Crippen molar-refractivity contribution in [3.63, 3.8) is 0 Å². The van der Waals surface area contributed by atoms with Crippen LogP contribution in [0.1, 0.15) is 11.9 Å². The number of amides is 2. The SMILES string of the molecule is O=C(Nc1ccc(Br)c2ccccc12)Nc1cccc2[nH]c([C@@H]3O[C@H](CO)[C@@H](O)[C@H](O)[C@H]3O)nc12. The van der Waals surface area contributed by atoms with E-state index in [2.05, 4.69) is 36.5 Å². The molecule has 0 radical (unpaired) electrons. The molecule has 2 amide bonds. The molecule has 35 heavy (non-hydrogen) atoms. The molecule has 5 atom stereocenters. The van der Waals surface area contributed by atoms with Crippen molar-refractivity contribution in [2.45, 2.75) is 30.5 Å². The molecule has 0 bridgehead atoms. The van der Waals surface area contributed by atoms with Crippen molar-refractivity contribution < 1.29 is 30.0 Å². The van der Waals surface area contributed by atoms with Gasteiger partial charge in [-0.3, -0.25) is 0 Å². The maximum Gasteiger partial charge on any atom is 0.323 e. The number of hydrogen-bond acceptors (Lipinski definition) is 7. The van der Waals surface area contributed by atoms with Gasteiger partial charge in [0, 0.05) is 9.86 Å². The molecular weight excluding hydrogens is 520 g/mol. The number of rotatable bonds is 4. The second kappa shape index (κ2) is 9.53. The monoisotopic (exact) mass is 542 g/mol. The van der Waals surface area contributed by atoms with Gasteiger partial charge in [-0.15, -0.1) is 0 Å². The zero-order chi connectivity index (χ0) is 24.7. The molecule has 2 heterocycles. The number of aliphatic hydroxyl groups is 4. The molecule has 1 saturated heterocycles. The van der Waals surface area contributed by atoms with Crippen molar-refractivity contribution in [1.29, 1.82) is 0 Å². The van der Waals surface area contributed by atoms with Crippen LogP contribution in [0.2, 0.25) is 0 Å². The highest BCUT2D eigenvalue weighted by Gasteiger charge is 2.45. The Morgan fingerprint density at radius 1 is 0.943 bits per heavy atom. The summed E-state index contributed by atoms with van der Waals surface area (Å²) in [6.07, 6.45) is -6.64. The van der Waals surface area contributed by atoms with Gasteiger partial charge in [0.25, 0.3) is 0 Å². The van der Waals surface area contributed by atoms with E-state index in [0.717, 1.165) is 15.2 Å². The molecule has 7 N–H and O–H groups in total. The largest absolute Gasteiger partial charge is 0.394 e. The van der Waals surface area contributed by atoms with Gasteiger partial charge in [-0.2, -0.15) is 0 Å². The van der Waals surface area contributed by atoms with Gasteiger partial charge in [-0.1, -0.05) is 46.3 Å². The van der Waals surface area contributed by atoms with E-state index in [0.29, 0.717) is 22.4 Å². The maximum absolute atomic E-state index is 12.9. The van der Waals surface area contributed by atoms with Crippen molar-refractivity contribution in [2.24, 2.45) is 0 Å². The predicted molar refractivity (Wildman–Crippen MR) is 133 cm³/mol. The van der Waals surface area contributed by atoms with Crippen molar-refractivity contribution >= 4 is 55.1 Å². The van der Waals surface area contributed by atoms with Gasteiger partial charge >= 0.3 is 6.03 Å². The summed E-state index contributed by atoms with van der Waals surface area (Å²) < 4.78 is 6.51. The molecule has 0 saturated carbocycles. The number of fused-ring (bicyclic) bond motifs is 2. The molecule has 0 aliphatic carbocycles. The minimum atomic E-state index is -1.52. The summed E-state index contributed by atoms with van der Waals surface area (Å²) in [4.78, 5) is 20.3. The Morgan fingerprint density at radius 2 is 1.69 bits per heavy atom. The van der Waals surface area contributed by atoms with E-state index in [9.17, 15) is 25.2 Å². The van der Waals surface area contributed by atoms with E-state index >= 15 is 0 Å². The van der Waals surface area contributed by atoms with Gasteiger partial charge in [-0.05, 0) is 29.7 Å². The van der Waals surface area contributed by atoms with Crippen LogP contribution in [0.4, 0.5) is 16.2 Å². The van der Waals surface area contributed by atoms with Crippen LogP contribution in [-0.4, -0.2) is 67.4 Å². The van der Waals surface area contributed by atoms with Gasteiger partial charge in [0.2, 0.25) is 0 Å². The Balaban J connectivity index is 1.40. The number of H-pyrrole nitrogens is 1. The van der Waals surface area contributed by atoms with E-state index in [4.69, 9.17) is 4.74 Å². The number of aromatic nitrogens is 2. The summed E-state index contributed by atoms with van der Waals surface area (Å²) in [6, 6.07) is 16.0. The minimum absolute atomic E-state index is 0.186. The fraction of sp³-hybridized carbons (Fsp3) is 0.250. The summed E-state index contributed by atoms with van der Waals surface area (Å²) >= 11 is 3.52. The van der Waals surface area contributed by atoms with E-state index in [1.807, 2.05) is 30.3 Å². The third kappa shape index (κ3) is 4.38. The number of urea groups is 1. The maximum atomic E-state index is 12.9. The molecule has 0 unspecified atom stereocenters. The first-order valence-electron chi connectivity index (χ1n) is 10.9. The molecule has 0 spiro atoms. The molecule has 182 valence electrons. The normalized spacial score (nSPS) is 24.5. The number of nitrogens with one attached hydrogen (secondary N) is 3. The Bertz CT molecular complexity index is 1390.